The van der Waals surface area contributed by atoms with E-state index < -0.39 is 10.0 Å². The minimum Gasteiger partial charge on any atom is -0.375 e. The first kappa shape index (κ1) is 21.9. The molecule has 29 heavy (non-hydrogen) atoms. The zero-order chi connectivity index (χ0) is 21.2. The van der Waals surface area contributed by atoms with Crippen LogP contribution in [0.25, 0.3) is 0 Å². The van der Waals surface area contributed by atoms with Crippen molar-refractivity contribution in [3.05, 3.63) is 58.1 Å². The van der Waals surface area contributed by atoms with Crippen molar-refractivity contribution in [2.24, 2.45) is 0 Å². The van der Waals surface area contributed by atoms with Gasteiger partial charge in [-0.15, -0.1) is 0 Å². The molecule has 1 aliphatic rings. The van der Waals surface area contributed by atoms with Crippen LogP contribution in [0.2, 0.25) is 10.0 Å². The maximum absolute atomic E-state index is 13.4. The fraction of sp³-hybridized carbons (Fsp3) is 0.350. The Morgan fingerprint density at radius 3 is 2.52 bits per heavy atom. The molecule has 0 aliphatic carbocycles. The highest BCUT2D eigenvalue weighted by Crippen LogP contribution is 2.33. The molecule has 0 aromatic heterocycles. The fourth-order valence-corrected chi connectivity index (χ4v) is 5.57. The van der Waals surface area contributed by atoms with E-state index in [1.165, 1.54) is 16.4 Å². The molecule has 0 spiro atoms. The van der Waals surface area contributed by atoms with Crippen LogP contribution in [-0.2, 0) is 14.8 Å². The first-order valence-corrected chi connectivity index (χ1v) is 11.4. The van der Waals surface area contributed by atoms with Crippen LogP contribution in [0.4, 0.5) is 5.69 Å². The quantitative estimate of drug-likeness (QED) is 0.679. The monoisotopic (exact) mass is 456 g/mol. The maximum Gasteiger partial charge on any atom is 0.265 e. The van der Waals surface area contributed by atoms with Crippen LogP contribution in [0.3, 0.4) is 0 Å². The number of para-hydroxylation sites is 1. The number of sulfonamides is 1. The third-order valence-corrected chi connectivity index (χ3v) is 7.36. The first-order valence-electron chi connectivity index (χ1n) is 9.23. The van der Waals surface area contributed by atoms with E-state index in [9.17, 15) is 13.2 Å². The summed E-state index contributed by atoms with van der Waals surface area (Å²) in [6.45, 7) is 5.05. The number of benzene rings is 2. The lowest BCUT2D eigenvalue weighted by atomic mass is 10.1. The van der Waals surface area contributed by atoms with Gasteiger partial charge in [0.05, 0.1) is 34.0 Å². The standard InChI is InChI=1S/C20H22Cl2N2O4S/c1-3-24(15-7-5-4-6-8-15)29(26,27)19-11-16(17(21)12-18(19)22)20(25)23-9-10-28-14(2)13-23/h4-8,11-12,14H,3,9-10,13H2,1-2H3/t14-/m0/s1. The van der Waals surface area contributed by atoms with E-state index in [-0.39, 0.29) is 39.1 Å². The van der Waals surface area contributed by atoms with Gasteiger partial charge in [0, 0.05) is 19.6 Å². The Labute approximate surface area is 181 Å². The van der Waals surface area contributed by atoms with E-state index >= 15 is 0 Å². The average molecular weight is 457 g/mol. The van der Waals surface area contributed by atoms with Crippen molar-refractivity contribution in [2.45, 2.75) is 24.8 Å². The Bertz CT molecular complexity index is 999. The molecule has 9 heteroatoms. The van der Waals surface area contributed by atoms with E-state index in [0.29, 0.717) is 25.4 Å². The molecule has 0 saturated carbocycles. The van der Waals surface area contributed by atoms with Gasteiger partial charge in [0.15, 0.2) is 0 Å². The van der Waals surface area contributed by atoms with E-state index in [0.717, 1.165) is 0 Å². The summed E-state index contributed by atoms with van der Waals surface area (Å²) in [5.41, 5.74) is 0.615. The van der Waals surface area contributed by atoms with Gasteiger partial charge >= 0.3 is 0 Å². The Morgan fingerprint density at radius 1 is 1.21 bits per heavy atom. The predicted octanol–water partition coefficient (Wildman–Crippen LogP) is 4.07. The average Bonchev–Trinajstić information content (AvgIpc) is 2.68. The second-order valence-electron chi connectivity index (χ2n) is 6.70. The molecule has 1 amide bonds. The van der Waals surface area contributed by atoms with Crippen molar-refractivity contribution in [3.8, 4) is 0 Å². The smallest absolute Gasteiger partial charge is 0.265 e. The number of ether oxygens (including phenoxy) is 1. The minimum atomic E-state index is -4.00. The Balaban J connectivity index is 2.03. The molecule has 1 heterocycles. The number of hydrogen-bond donors (Lipinski definition) is 0. The molecule has 0 radical (unpaired) electrons. The van der Waals surface area contributed by atoms with Gasteiger partial charge < -0.3 is 9.64 Å². The number of morpholine rings is 1. The third-order valence-electron chi connectivity index (χ3n) is 4.68. The van der Waals surface area contributed by atoms with Crippen molar-refractivity contribution < 1.29 is 17.9 Å². The van der Waals surface area contributed by atoms with Gasteiger partial charge in [-0.2, -0.15) is 0 Å². The molecule has 1 fully saturated rings. The summed E-state index contributed by atoms with van der Waals surface area (Å²) in [7, 11) is -4.00. The van der Waals surface area contributed by atoms with Crippen LogP contribution < -0.4 is 4.31 Å². The summed E-state index contributed by atoms with van der Waals surface area (Å²) in [5, 5.41) is 0.0807. The molecule has 0 unspecified atom stereocenters. The molecule has 0 bridgehead atoms. The summed E-state index contributed by atoms with van der Waals surface area (Å²) in [6, 6.07) is 11.3. The van der Waals surface area contributed by atoms with Gasteiger partial charge in [0.25, 0.3) is 15.9 Å². The van der Waals surface area contributed by atoms with Crippen LogP contribution in [0.1, 0.15) is 24.2 Å². The lowest BCUT2D eigenvalue weighted by molar-refractivity contribution is -0.0124. The Hall–Kier alpha value is -1.80. The van der Waals surface area contributed by atoms with Crippen LogP contribution in [0, 0.1) is 0 Å². The van der Waals surface area contributed by atoms with E-state index in [4.69, 9.17) is 27.9 Å². The van der Waals surface area contributed by atoms with E-state index in [2.05, 4.69) is 0 Å². The van der Waals surface area contributed by atoms with Gasteiger partial charge in [-0.05, 0) is 38.1 Å². The van der Waals surface area contributed by atoms with Crippen LogP contribution in [0.5, 0.6) is 0 Å². The number of rotatable bonds is 5. The molecule has 156 valence electrons. The van der Waals surface area contributed by atoms with Crippen molar-refractivity contribution in [1.29, 1.82) is 0 Å². The zero-order valence-electron chi connectivity index (χ0n) is 16.1. The number of halogens is 2. The number of amides is 1. The number of carbonyl (C=O) groups is 1. The second kappa shape index (κ2) is 8.92. The van der Waals surface area contributed by atoms with Gasteiger partial charge in [-0.3, -0.25) is 9.10 Å². The van der Waals surface area contributed by atoms with Crippen molar-refractivity contribution in [2.75, 3.05) is 30.5 Å². The van der Waals surface area contributed by atoms with Crippen molar-refractivity contribution in [1.82, 2.24) is 4.90 Å². The highest BCUT2D eigenvalue weighted by Gasteiger charge is 2.30. The summed E-state index contributed by atoms with van der Waals surface area (Å²) < 4.78 is 33.4. The van der Waals surface area contributed by atoms with Gasteiger partial charge in [-0.25, -0.2) is 8.42 Å². The molecule has 0 N–H and O–H groups in total. The summed E-state index contributed by atoms with van der Waals surface area (Å²) >= 11 is 12.5. The fourth-order valence-electron chi connectivity index (χ4n) is 3.27. The highest BCUT2D eigenvalue weighted by molar-refractivity contribution is 7.93. The number of carbonyl (C=O) groups excluding carboxylic acids is 1. The summed E-state index contributed by atoms with van der Waals surface area (Å²) in [4.78, 5) is 14.5. The van der Waals surface area contributed by atoms with Crippen molar-refractivity contribution in [3.63, 3.8) is 0 Å². The lowest BCUT2D eigenvalue weighted by Crippen LogP contribution is -2.44. The van der Waals surface area contributed by atoms with Gasteiger partial charge in [0.1, 0.15) is 4.90 Å². The van der Waals surface area contributed by atoms with E-state index in [1.54, 1.807) is 42.2 Å². The first-order chi connectivity index (χ1) is 13.8. The Kier molecular flexibility index (Phi) is 6.73. The SMILES string of the molecule is CCN(c1ccccc1)S(=O)(=O)c1cc(C(=O)N2CCO[C@@H](C)C2)c(Cl)cc1Cl. The largest absolute Gasteiger partial charge is 0.375 e. The third kappa shape index (κ3) is 4.53. The van der Waals surface area contributed by atoms with Crippen LogP contribution >= 0.6 is 23.2 Å². The minimum absolute atomic E-state index is 0.0312. The lowest BCUT2D eigenvalue weighted by Gasteiger charge is -2.31. The molecule has 1 atom stereocenters. The van der Waals surface area contributed by atoms with E-state index in [1.807, 2.05) is 6.92 Å². The molecular formula is C20H22Cl2N2O4S. The van der Waals surface area contributed by atoms with Gasteiger partial charge in [-0.1, -0.05) is 41.4 Å². The molecule has 1 saturated heterocycles. The molecule has 2 aromatic carbocycles. The number of hydrogen-bond acceptors (Lipinski definition) is 4. The van der Waals surface area contributed by atoms with Crippen molar-refractivity contribution >= 4 is 44.8 Å². The number of anilines is 1. The summed E-state index contributed by atoms with van der Waals surface area (Å²) in [6.07, 6.45) is -0.101. The topological polar surface area (TPSA) is 66.9 Å². The maximum atomic E-state index is 13.4. The highest BCUT2D eigenvalue weighted by atomic mass is 35.5. The van der Waals surface area contributed by atoms with Gasteiger partial charge in [0.2, 0.25) is 0 Å². The molecule has 2 aromatic rings. The van der Waals surface area contributed by atoms with Crippen LogP contribution in [0.15, 0.2) is 47.4 Å². The normalized spacial score (nSPS) is 17.2. The zero-order valence-corrected chi connectivity index (χ0v) is 18.5. The molecule has 1 aliphatic heterocycles. The predicted molar refractivity (Wildman–Crippen MR) is 114 cm³/mol. The molecule has 3 rings (SSSR count). The summed E-state index contributed by atoms with van der Waals surface area (Å²) in [5.74, 6) is -0.346. The number of nitrogens with zero attached hydrogens (tertiary/aromatic N) is 2. The molecular weight excluding hydrogens is 435 g/mol. The molecule has 6 nitrogen and oxygen atoms in total. The van der Waals surface area contributed by atoms with Crippen LogP contribution in [-0.4, -0.2) is 51.6 Å². The Morgan fingerprint density at radius 2 is 1.90 bits per heavy atom. The second-order valence-corrected chi connectivity index (χ2v) is 9.35.